The molecule has 1 fully saturated rings. The molecule has 5 atom stereocenters. The van der Waals surface area contributed by atoms with E-state index in [-0.39, 0.29) is 29.7 Å². The van der Waals surface area contributed by atoms with E-state index in [4.69, 9.17) is 14.2 Å². The van der Waals surface area contributed by atoms with E-state index in [9.17, 15) is 0 Å². The van der Waals surface area contributed by atoms with Gasteiger partial charge in [0, 0.05) is 5.92 Å². The molecule has 1 aliphatic rings. The van der Waals surface area contributed by atoms with Crippen LogP contribution in [0.1, 0.15) is 31.9 Å². The maximum atomic E-state index is 6.41. The van der Waals surface area contributed by atoms with Crippen LogP contribution in [0.25, 0.3) is 0 Å². The molecule has 3 nitrogen and oxygen atoms in total. The van der Waals surface area contributed by atoms with E-state index in [1.807, 2.05) is 36.4 Å². The molecule has 146 valence electrons. The summed E-state index contributed by atoms with van der Waals surface area (Å²) in [5.74, 6) is 1.26. The molecule has 0 radical (unpaired) electrons. The number of hydrogen-bond acceptors (Lipinski definition) is 4. The molecule has 4 heteroatoms. The van der Waals surface area contributed by atoms with Crippen LogP contribution in [-0.2, 0) is 27.4 Å². The minimum atomic E-state index is -0.0925. The van der Waals surface area contributed by atoms with Gasteiger partial charge >= 0.3 is 0 Å². The van der Waals surface area contributed by atoms with Crippen molar-refractivity contribution < 1.29 is 14.2 Å². The van der Waals surface area contributed by atoms with Crippen molar-refractivity contribution in [3.8, 4) is 0 Å². The van der Waals surface area contributed by atoms with Crippen molar-refractivity contribution in [3.05, 3.63) is 71.8 Å². The molecule has 1 aliphatic heterocycles. The van der Waals surface area contributed by atoms with E-state index in [0.29, 0.717) is 13.2 Å². The molecule has 5 unspecified atom stereocenters. The molecule has 0 saturated carbocycles. The van der Waals surface area contributed by atoms with Gasteiger partial charge in [0.1, 0.15) is 11.5 Å². The molecule has 2 aromatic carbocycles. The fourth-order valence-electron chi connectivity index (χ4n) is 3.39. The largest absolute Gasteiger partial charge is 0.370 e. The average Bonchev–Trinajstić information content (AvgIpc) is 2.70. The van der Waals surface area contributed by atoms with Crippen LogP contribution in [0, 0.1) is 5.92 Å². The predicted octanol–water partition coefficient (Wildman–Crippen LogP) is 5.29. The molecule has 0 N–H and O–H groups in total. The first kappa shape index (κ1) is 20.4. The summed E-state index contributed by atoms with van der Waals surface area (Å²) in [6.45, 7) is 7.66. The smallest absolute Gasteiger partial charge is 0.132 e. The lowest BCUT2D eigenvalue weighted by Crippen LogP contribution is -2.53. The predicted molar refractivity (Wildman–Crippen MR) is 112 cm³/mol. The van der Waals surface area contributed by atoms with Crippen molar-refractivity contribution in [1.29, 1.82) is 0 Å². The van der Waals surface area contributed by atoms with Gasteiger partial charge in [0.25, 0.3) is 0 Å². The Balaban J connectivity index is 1.73. The number of hydrogen-bond donors (Lipinski definition) is 0. The highest BCUT2D eigenvalue weighted by molar-refractivity contribution is 7.99. The van der Waals surface area contributed by atoms with Crippen molar-refractivity contribution >= 4 is 11.8 Å². The molecule has 3 rings (SSSR count). The Labute approximate surface area is 167 Å². The van der Waals surface area contributed by atoms with Crippen LogP contribution in [0.4, 0.5) is 0 Å². The molecule has 1 saturated heterocycles. The van der Waals surface area contributed by atoms with Gasteiger partial charge in [0.05, 0.1) is 25.4 Å². The molecule has 0 aliphatic carbocycles. The molecule has 0 spiro atoms. The fraction of sp³-hybridized carbons (Fsp3) is 0.478. The summed E-state index contributed by atoms with van der Waals surface area (Å²) in [4.78, 5) is 0. The normalized spacial score (nSPS) is 28.2. The van der Waals surface area contributed by atoms with Crippen molar-refractivity contribution in [2.45, 2.75) is 57.7 Å². The van der Waals surface area contributed by atoms with Crippen LogP contribution in [0.3, 0.4) is 0 Å². The van der Waals surface area contributed by atoms with Gasteiger partial charge in [-0.1, -0.05) is 74.5 Å². The van der Waals surface area contributed by atoms with Crippen molar-refractivity contribution in [2.75, 3.05) is 5.75 Å². The topological polar surface area (TPSA) is 27.7 Å². The molecule has 0 bridgehead atoms. The molecule has 27 heavy (non-hydrogen) atoms. The Kier molecular flexibility index (Phi) is 7.77. The van der Waals surface area contributed by atoms with E-state index >= 15 is 0 Å². The molecule has 1 heterocycles. The molecule has 0 aromatic heterocycles. The van der Waals surface area contributed by atoms with Crippen LogP contribution < -0.4 is 0 Å². The lowest BCUT2D eigenvalue weighted by atomic mass is 9.92. The zero-order chi connectivity index (χ0) is 19.1. The Morgan fingerprint density at radius 2 is 1.33 bits per heavy atom. The van der Waals surface area contributed by atoms with Gasteiger partial charge in [0.2, 0.25) is 0 Å². The Bertz CT molecular complexity index is 664. The van der Waals surface area contributed by atoms with E-state index in [1.54, 1.807) is 11.8 Å². The number of rotatable bonds is 8. The van der Waals surface area contributed by atoms with Crippen LogP contribution in [0.2, 0.25) is 0 Å². The van der Waals surface area contributed by atoms with Crippen molar-refractivity contribution in [1.82, 2.24) is 0 Å². The SMILES string of the molecule is CCSC1OC(C)C(C)C(OCc2ccccc2)C1OCc1ccccc1. The van der Waals surface area contributed by atoms with E-state index in [0.717, 1.165) is 5.75 Å². The minimum absolute atomic E-state index is 0.00159. The monoisotopic (exact) mass is 386 g/mol. The summed E-state index contributed by atoms with van der Waals surface area (Å²) in [7, 11) is 0. The number of thioether (sulfide) groups is 1. The van der Waals surface area contributed by atoms with Gasteiger partial charge in [-0.05, 0) is 23.8 Å². The Morgan fingerprint density at radius 3 is 1.85 bits per heavy atom. The minimum Gasteiger partial charge on any atom is -0.370 e. The van der Waals surface area contributed by atoms with Gasteiger partial charge in [-0.15, -0.1) is 11.8 Å². The summed E-state index contributed by atoms with van der Waals surface area (Å²) >= 11 is 1.80. The molecule has 2 aromatic rings. The summed E-state index contributed by atoms with van der Waals surface area (Å²) < 4.78 is 19.1. The zero-order valence-corrected chi connectivity index (χ0v) is 17.2. The summed E-state index contributed by atoms with van der Waals surface area (Å²) in [5.41, 5.74) is 2.35. The Morgan fingerprint density at radius 1 is 0.815 bits per heavy atom. The van der Waals surface area contributed by atoms with Crippen molar-refractivity contribution in [3.63, 3.8) is 0 Å². The van der Waals surface area contributed by atoms with E-state index in [2.05, 4.69) is 45.0 Å². The quantitative estimate of drug-likeness (QED) is 0.616. The van der Waals surface area contributed by atoms with E-state index < -0.39 is 0 Å². The lowest BCUT2D eigenvalue weighted by Gasteiger charge is -2.44. The lowest BCUT2D eigenvalue weighted by molar-refractivity contribution is -0.204. The highest BCUT2D eigenvalue weighted by Crippen LogP contribution is 2.35. The summed E-state index contributed by atoms with van der Waals surface area (Å²) in [6, 6.07) is 20.6. The maximum absolute atomic E-state index is 6.41. The van der Waals surface area contributed by atoms with E-state index in [1.165, 1.54) is 11.1 Å². The summed E-state index contributed by atoms with van der Waals surface area (Å²) in [5, 5.41) is 0. The second-order valence-electron chi connectivity index (χ2n) is 7.05. The first-order chi connectivity index (χ1) is 13.2. The van der Waals surface area contributed by atoms with Gasteiger partial charge in [-0.2, -0.15) is 0 Å². The van der Waals surface area contributed by atoms with Crippen LogP contribution in [0.15, 0.2) is 60.7 Å². The van der Waals surface area contributed by atoms with Crippen LogP contribution >= 0.6 is 11.8 Å². The number of ether oxygens (including phenoxy) is 3. The molecular weight excluding hydrogens is 356 g/mol. The van der Waals surface area contributed by atoms with Gasteiger partial charge in [-0.25, -0.2) is 0 Å². The molecular formula is C23H30O3S. The third-order valence-electron chi connectivity index (χ3n) is 5.10. The Hall–Kier alpha value is -1.33. The highest BCUT2D eigenvalue weighted by Gasteiger charge is 2.43. The first-order valence-corrected chi connectivity index (χ1v) is 10.8. The standard InChI is InChI=1S/C23H30O3S/c1-4-27-23-22(25-16-20-13-9-6-10-14-20)21(17(2)18(3)26-23)24-15-19-11-7-5-8-12-19/h5-14,17-18,21-23H,4,15-16H2,1-3H3. The van der Waals surface area contributed by atoms with Crippen LogP contribution in [0.5, 0.6) is 0 Å². The average molecular weight is 387 g/mol. The number of benzene rings is 2. The van der Waals surface area contributed by atoms with Gasteiger partial charge in [-0.3, -0.25) is 0 Å². The second-order valence-corrected chi connectivity index (χ2v) is 8.42. The second kappa shape index (κ2) is 10.3. The maximum Gasteiger partial charge on any atom is 0.132 e. The van der Waals surface area contributed by atoms with Gasteiger partial charge in [0.15, 0.2) is 0 Å². The third kappa shape index (κ3) is 5.58. The third-order valence-corrected chi connectivity index (χ3v) is 6.14. The first-order valence-electron chi connectivity index (χ1n) is 9.77. The molecule has 0 amide bonds. The highest BCUT2D eigenvalue weighted by atomic mass is 32.2. The fourth-order valence-corrected chi connectivity index (χ4v) is 4.39. The zero-order valence-electron chi connectivity index (χ0n) is 16.4. The summed E-state index contributed by atoms with van der Waals surface area (Å²) in [6.07, 6.45) is 0.0539. The van der Waals surface area contributed by atoms with Gasteiger partial charge < -0.3 is 14.2 Å². The van der Waals surface area contributed by atoms with Crippen molar-refractivity contribution in [2.24, 2.45) is 5.92 Å². The van der Waals surface area contributed by atoms with Crippen LogP contribution in [-0.4, -0.2) is 29.5 Å².